The van der Waals surface area contributed by atoms with Crippen LogP contribution >= 0.6 is 11.8 Å². The Balaban J connectivity index is 2.05. The number of unbranched alkanes of at least 4 members (excludes halogenated alkanes) is 3. The van der Waals surface area contributed by atoms with E-state index in [4.69, 9.17) is 9.84 Å². The normalized spacial score (nSPS) is 30.5. The molecule has 216 valence electrons. The molecule has 0 aliphatic carbocycles. The fourth-order valence-corrected chi connectivity index (χ4v) is 10.0. The Morgan fingerprint density at radius 2 is 1.87 bits per heavy atom. The maximum atomic E-state index is 14.8. The maximum absolute atomic E-state index is 14.8. The number of hydrogen-bond acceptors (Lipinski definition) is 6. The molecule has 0 radical (unpaired) electrons. The third-order valence-electron chi connectivity index (χ3n) is 8.62. The van der Waals surface area contributed by atoms with Crippen molar-refractivity contribution < 1.29 is 24.2 Å². The summed E-state index contributed by atoms with van der Waals surface area (Å²) in [4.78, 5) is 45.9. The van der Waals surface area contributed by atoms with Crippen LogP contribution in [0.1, 0.15) is 87.0 Å². The minimum absolute atomic E-state index is 0.00422. The van der Waals surface area contributed by atoms with Crippen molar-refractivity contribution in [1.82, 2.24) is 9.80 Å². The molecule has 3 rings (SSSR count). The molecule has 3 aliphatic heterocycles. The van der Waals surface area contributed by atoms with Gasteiger partial charge in [-0.1, -0.05) is 46.6 Å². The highest BCUT2D eigenvalue weighted by Crippen LogP contribution is 2.69. The summed E-state index contributed by atoms with van der Waals surface area (Å²) < 4.78 is 4.82. The standard InChI is InChI=1S/C30H50N2O5S/c1-9-15-32(29(7,8)19-28(4,5)6)26(35)24-30-20(3)18-21(38-30)22(27(36)37-10-2)23(30)25(34)31(24)16-13-11-12-14-17-33/h9,20-24,33H,1,10-19H2,2-8H3/t20?,21-,22+,23-,24?,30?/m0/s1. The molecule has 2 amide bonds. The topological polar surface area (TPSA) is 87.2 Å². The van der Waals surface area contributed by atoms with Crippen LogP contribution in [0.4, 0.5) is 0 Å². The largest absolute Gasteiger partial charge is 0.466 e. The molecular formula is C30H50N2O5S. The first-order chi connectivity index (χ1) is 17.8. The van der Waals surface area contributed by atoms with E-state index in [1.807, 2.05) is 9.80 Å². The number of hydrogen-bond donors (Lipinski definition) is 1. The van der Waals surface area contributed by atoms with Crippen LogP contribution in [0.2, 0.25) is 0 Å². The van der Waals surface area contributed by atoms with Crippen molar-refractivity contribution in [2.75, 3.05) is 26.3 Å². The molecule has 3 heterocycles. The first kappa shape index (κ1) is 31.0. The Hall–Kier alpha value is -1.54. The van der Waals surface area contributed by atoms with Crippen molar-refractivity contribution in [3.63, 3.8) is 0 Å². The Morgan fingerprint density at radius 3 is 2.45 bits per heavy atom. The molecule has 1 spiro atoms. The van der Waals surface area contributed by atoms with Crippen LogP contribution < -0.4 is 0 Å². The number of esters is 1. The molecule has 3 saturated heterocycles. The number of likely N-dealkylation sites (tertiary alicyclic amines) is 1. The zero-order valence-corrected chi connectivity index (χ0v) is 25.4. The second-order valence-corrected chi connectivity index (χ2v) is 14.8. The molecule has 1 N–H and O–H groups in total. The summed E-state index contributed by atoms with van der Waals surface area (Å²) in [5, 5.41) is 9.16. The van der Waals surface area contributed by atoms with Crippen LogP contribution in [0.5, 0.6) is 0 Å². The highest BCUT2D eigenvalue weighted by molar-refractivity contribution is 8.02. The van der Waals surface area contributed by atoms with Crippen molar-refractivity contribution in [2.24, 2.45) is 23.2 Å². The smallest absolute Gasteiger partial charge is 0.310 e. The molecule has 0 aromatic carbocycles. The summed E-state index contributed by atoms with van der Waals surface area (Å²) in [5.74, 6) is -1.32. The summed E-state index contributed by atoms with van der Waals surface area (Å²) in [5.41, 5.74) is -0.441. The van der Waals surface area contributed by atoms with Crippen molar-refractivity contribution in [1.29, 1.82) is 0 Å². The highest BCUT2D eigenvalue weighted by atomic mass is 32.2. The molecule has 0 aromatic heterocycles. The van der Waals surface area contributed by atoms with Gasteiger partial charge in [-0.2, -0.15) is 0 Å². The molecule has 3 unspecified atom stereocenters. The molecule has 3 fully saturated rings. The number of rotatable bonds is 13. The second-order valence-electron chi connectivity index (χ2n) is 13.3. The van der Waals surface area contributed by atoms with Crippen molar-refractivity contribution >= 4 is 29.5 Å². The average Bonchev–Trinajstić information content (AvgIpc) is 3.39. The van der Waals surface area contributed by atoms with E-state index < -0.39 is 28.2 Å². The third kappa shape index (κ3) is 5.67. The monoisotopic (exact) mass is 550 g/mol. The summed E-state index contributed by atoms with van der Waals surface area (Å²) in [7, 11) is 0. The van der Waals surface area contributed by atoms with Crippen LogP contribution in [-0.4, -0.2) is 80.6 Å². The van der Waals surface area contributed by atoms with E-state index in [1.165, 1.54) is 0 Å². The fraction of sp³-hybridized carbons (Fsp3) is 0.833. The van der Waals surface area contributed by atoms with Crippen LogP contribution in [0.25, 0.3) is 0 Å². The molecule has 0 aromatic rings. The molecule has 3 aliphatic rings. The van der Waals surface area contributed by atoms with Gasteiger partial charge in [0, 0.05) is 30.5 Å². The molecule has 8 heteroatoms. The lowest BCUT2D eigenvalue weighted by Crippen LogP contribution is -2.61. The lowest BCUT2D eigenvalue weighted by Gasteiger charge is -2.46. The van der Waals surface area contributed by atoms with Gasteiger partial charge in [0.05, 0.1) is 23.2 Å². The number of ether oxygens (including phenoxy) is 1. The van der Waals surface area contributed by atoms with E-state index in [1.54, 1.807) is 24.8 Å². The molecular weight excluding hydrogens is 500 g/mol. The molecule has 6 atom stereocenters. The van der Waals surface area contributed by atoms with Gasteiger partial charge < -0.3 is 19.6 Å². The zero-order valence-electron chi connectivity index (χ0n) is 24.6. The van der Waals surface area contributed by atoms with E-state index in [9.17, 15) is 14.4 Å². The van der Waals surface area contributed by atoms with Gasteiger partial charge in [-0.05, 0) is 57.8 Å². The van der Waals surface area contributed by atoms with Crippen molar-refractivity contribution in [3.8, 4) is 0 Å². The Labute approximate surface area is 234 Å². The van der Waals surface area contributed by atoms with Crippen molar-refractivity contribution in [3.05, 3.63) is 12.7 Å². The number of aliphatic hydroxyl groups is 1. The number of thioether (sulfide) groups is 1. The zero-order chi connectivity index (χ0) is 28.5. The van der Waals surface area contributed by atoms with Gasteiger partial charge >= 0.3 is 5.97 Å². The van der Waals surface area contributed by atoms with Crippen LogP contribution in [0.15, 0.2) is 12.7 Å². The van der Waals surface area contributed by atoms with Gasteiger partial charge in [0.2, 0.25) is 11.8 Å². The van der Waals surface area contributed by atoms with Crippen molar-refractivity contribution in [2.45, 2.75) is 109 Å². The molecule has 38 heavy (non-hydrogen) atoms. The number of amides is 2. The lowest BCUT2D eigenvalue weighted by molar-refractivity contribution is -0.154. The third-order valence-corrected chi connectivity index (χ3v) is 10.7. The highest BCUT2D eigenvalue weighted by Gasteiger charge is 2.76. The van der Waals surface area contributed by atoms with Gasteiger partial charge in [0.15, 0.2) is 0 Å². The SMILES string of the molecule is C=CCN(C(=O)C1N(CCCCCCO)C(=O)[C@@H]2[C@H](C(=O)OCC)[C@@H]3CC(C)C12S3)C(C)(C)CC(C)(C)C. The second kappa shape index (κ2) is 11.9. The number of carbonyl (C=O) groups is 3. The quantitative estimate of drug-likeness (QED) is 0.204. The molecule has 7 nitrogen and oxygen atoms in total. The Kier molecular flexibility index (Phi) is 9.71. The fourth-order valence-electron chi connectivity index (χ4n) is 7.60. The summed E-state index contributed by atoms with van der Waals surface area (Å²) in [6, 6.07) is -0.624. The van der Waals surface area contributed by atoms with Gasteiger partial charge in [-0.3, -0.25) is 14.4 Å². The summed E-state index contributed by atoms with van der Waals surface area (Å²) >= 11 is 1.70. The Morgan fingerprint density at radius 1 is 1.21 bits per heavy atom. The van der Waals surface area contributed by atoms with Gasteiger partial charge in [-0.25, -0.2) is 0 Å². The van der Waals surface area contributed by atoms with Gasteiger partial charge in [0.25, 0.3) is 0 Å². The predicted octanol–water partition coefficient (Wildman–Crippen LogP) is 4.67. The first-order valence-corrected chi connectivity index (χ1v) is 15.3. The minimum atomic E-state index is -0.640. The van der Waals surface area contributed by atoms with Gasteiger partial charge in [-0.15, -0.1) is 18.3 Å². The number of fused-ring (bicyclic) bond motifs is 1. The van der Waals surface area contributed by atoms with E-state index in [0.29, 0.717) is 13.1 Å². The Bertz CT molecular complexity index is 900. The van der Waals surface area contributed by atoms with Crippen LogP contribution in [0, 0.1) is 23.2 Å². The van der Waals surface area contributed by atoms with E-state index >= 15 is 0 Å². The number of nitrogens with zero attached hydrogens (tertiary/aromatic N) is 2. The minimum Gasteiger partial charge on any atom is -0.466 e. The summed E-state index contributed by atoms with van der Waals surface area (Å²) in [6.45, 7) is 20.0. The van der Waals surface area contributed by atoms with Gasteiger partial charge in [0.1, 0.15) is 6.04 Å². The number of carbonyl (C=O) groups excluding carboxylic acids is 3. The average molecular weight is 551 g/mol. The van der Waals surface area contributed by atoms with E-state index in [-0.39, 0.29) is 47.6 Å². The maximum Gasteiger partial charge on any atom is 0.310 e. The van der Waals surface area contributed by atoms with Crippen LogP contribution in [-0.2, 0) is 19.1 Å². The lowest BCUT2D eigenvalue weighted by atomic mass is 9.66. The first-order valence-electron chi connectivity index (χ1n) is 14.4. The van der Waals surface area contributed by atoms with E-state index in [2.05, 4.69) is 48.1 Å². The number of aliphatic hydroxyl groups excluding tert-OH is 1. The summed E-state index contributed by atoms with van der Waals surface area (Å²) in [6.07, 6.45) is 6.63. The van der Waals surface area contributed by atoms with E-state index in [0.717, 1.165) is 38.5 Å². The predicted molar refractivity (Wildman–Crippen MR) is 153 cm³/mol. The van der Waals surface area contributed by atoms with Crippen LogP contribution in [0.3, 0.4) is 0 Å². The molecule has 0 saturated carbocycles. The molecule has 2 bridgehead atoms.